The number of aryl methyl sites for hydroxylation is 1. The van der Waals surface area contributed by atoms with E-state index in [1.54, 1.807) is 0 Å². The minimum Gasteiger partial charge on any atom is -0.376 e. The van der Waals surface area contributed by atoms with Crippen LogP contribution in [-0.2, 0) is 11.2 Å². The van der Waals surface area contributed by atoms with E-state index in [0.29, 0.717) is 12.5 Å². The van der Waals surface area contributed by atoms with Crippen molar-refractivity contribution in [1.29, 1.82) is 0 Å². The van der Waals surface area contributed by atoms with Crippen LogP contribution in [0, 0.1) is 6.92 Å². The molecule has 0 saturated carbocycles. The van der Waals surface area contributed by atoms with Gasteiger partial charge in [-0.15, -0.1) is 0 Å². The second kappa shape index (κ2) is 7.09. The van der Waals surface area contributed by atoms with E-state index in [1.165, 1.54) is 11.1 Å². The highest BCUT2D eigenvalue weighted by Crippen LogP contribution is 2.11. The third-order valence-electron chi connectivity index (χ3n) is 3.33. The van der Waals surface area contributed by atoms with Crippen molar-refractivity contribution in [2.75, 3.05) is 19.7 Å². The molecule has 1 aliphatic rings. The molecule has 1 unspecified atom stereocenters. The van der Waals surface area contributed by atoms with E-state index in [1.807, 2.05) is 18.5 Å². The summed E-state index contributed by atoms with van der Waals surface area (Å²) in [5, 5.41) is 3.13. The van der Waals surface area contributed by atoms with Crippen molar-refractivity contribution in [2.45, 2.75) is 32.3 Å². The maximum Gasteiger partial charge on any atom is 0.188 e. The molecule has 0 bridgehead atoms. The summed E-state index contributed by atoms with van der Waals surface area (Å²) >= 11 is 0. The molecule has 1 fully saturated rings. The topological polar surface area (TPSA) is 72.5 Å². The van der Waals surface area contributed by atoms with Gasteiger partial charge in [-0.05, 0) is 43.4 Å². The summed E-state index contributed by atoms with van der Waals surface area (Å²) in [6, 6.07) is 2.04. The van der Waals surface area contributed by atoms with E-state index in [0.717, 1.165) is 32.4 Å². The number of pyridine rings is 1. The molecule has 2 heterocycles. The van der Waals surface area contributed by atoms with Gasteiger partial charge in [0.05, 0.1) is 12.6 Å². The van der Waals surface area contributed by atoms with Gasteiger partial charge in [-0.3, -0.25) is 9.98 Å². The molecule has 3 N–H and O–H groups in total. The monoisotopic (exact) mass is 262 g/mol. The second-order valence-electron chi connectivity index (χ2n) is 4.84. The number of nitrogens with one attached hydrogen (secondary N) is 1. The molecule has 1 aliphatic heterocycles. The van der Waals surface area contributed by atoms with Gasteiger partial charge in [-0.2, -0.15) is 0 Å². The minimum absolute atomic E-state index is 0.253. The largest absolute Gasteiger partial charge is 0.376 e. The Morgan fingerprint density at radius 2 is 2.53 bits per heavy atom. The Labute approximate surface area is 114 Å². The van der Waals surface area contributed by atoms with Gasteiger partial charge in [0.25, 0.3) is 0 Å². The van der Waals surface area contributed by atoms with Crippen molar-refractivity contribution in [1.82, 2.24) is 10.3 Å². The second-order valence-corrected chi connectivity index (χ2v) is 4.84. The smallest absolute Gasteiger partial charge is 0.188 e. The molecular weight excluding hydrogens is 240 g/mol. The Balaban J connectivity index is 1.69. The lowest BCUT2D eigenvalue weighted by molar-refractivity contribution is 0.118. The third kappa shape index (κ3) is 4.52. The Bertz CT molecular complexity index is 427. The predicted octanol–water partition coefficient (Wildman–Crippen LogP) is 1.02. The fourth-order valence-corrected chi connectivity index (χ4v) is 2.15. The Hall–Kier alpha value is -1.62. The average Bonchev–Trinajstić information content (AvgIpc) is 2.92. The van der Waals surface area contributed by atoms with Crippen LogP contribution >= 0.6 is 0 Å². The first kappa shape index (κ1) is 13.8. The molecule has 0 radical (unpaired) electrons. The standard InChI is InChI=1S/C14H22N4O/c1-11-9-16-6-4-12(11)5-7-17-14(15)18-10-13-3-2-8-19-13/h4,6,9,13H,2-3,5,7-8,10H2,1H3,(H3,15,17,18). The van der Waals surface area contributed by atoms with E-state index < -0.39 is 0 Å². The van der Waals surface area contributed by atoms with Gasteiger partial charge in [0, 0.05) is 25.5 Å². The Morgan fingerprint density at radius 3 is 3.26 bits per heavy atom. The van der Waals surface area contributed by atoms with Gasteiger partial charge in [0.15, 0.2) is 5.96 Å². The molecule has 0 spiro atoms. The van der Waals surface area contributed by atoms with E-state index in [-0.39, 0.29) is 6.10 Å². The number of hydrogen-bond acceptors (Lipinski definition) is 3. The number of nitrogens with zero attached hydrogens (tertiary/aromatic N) is 2. The summed E-state index contributed by atoms with van der Waals surface area (Å²) in [6.07, 6.45) is 7.09. The zero-order valence-corrected chi connectivity index (χ0v) is 11.4. The molecule has 1 aromatic rings. The quantitative estimate of drug-likeness (QED) is 0.614. The number of rotatable bonds is 5. The number of nitrogens with two attached hydrogens (primary N) is 1. The van der Waals surface area contributed by atoms with Gasteiger partial charge in [-0.25, -0.2) is 0 Å². The zero-order valence-electron chi connectivity index (χ0n) is 11.4. The van der Waals surface area contributed by atoms with Crippen molar-refractivity contribution in [2.24, 2.45) is 10.7 Å². The van der Waals surface area contributed by atoms with Gasteiger partial charge >= 0.3 is 0 Å². The highest BCUT2D eigenvalue weighted by atomic mass is 16.5. The zero-order chi connectivity index (χ0) is 13.5. The average molecular weight is 262 g/mol. The first-order chi connectivity index (χ1) is 9.25. The van der Waals surface area contributed by atoms with E-state index in [2.05, 4.69) is 22.2 Å². The van der Waals surface area contributed by atoms with Crippen LogP contribution in [0.15, 0.2) is 23.5 Å². The van der Waals surface area contributed by atoms with Gasteiger partial charge in [0.2, 0.25) is 0 Å². The Morgan fingerprint density at radius 1 is 1.63 bits per heavy atom. The molecule has 0 aliphatic carbocycles. The molecular formula is C14H22N4O. The fraction of sp³-hybridized carbons (Fsp3) is 0.571. The van der Waals surface area contributed by atoms with Crippen molar-refractivity contribution in [3.05, 3.63) is 29.6 Å². The maximum absolute atomic E-state index is 5.82. The highest BCUT2D eigenvalue weighted by Gasteiger charge is 2.14. The number of aliphatic imine (C=N–C) groups is 1. The molecule has 1 aromatic heterocycles. The lowest BCUT2D eigenvalue weighted by Gasteiger charge is -2.09. The summed E-state index contributed by atoms with van der Waals surface area (Å²) in [7, 11) is 0. The third-order valence-corrected chi connectivity index (χ3v) is 3.33. The van der Waals surface area contributed by atoms with E-state index >= 15 is 0 Å². The van der Waals surface area contributed by atoms with Crippen LogP contribution in [0.25, 0.3) is 0 Å². The van der Waals surface area contributed by atoms with Crippen molar-refractivity contribution < 1.29 is 4.74 Å². The summed E-state index contributed by atoms with van der Waals surface area (Å²) in [4.78, 5) is 8.38. The van der Waals surface area contributed by atoms with Crippen LogP contribution in [0.3, 0.4) is 0 Å². The number of guanidine groups is 1. The van der Waals surface area contributed by atoms with Crippen LogP contribution in [0.1, 0.15) is 24.0 Å². The molecule has 2 rings (SSSR count). The predicted molar refractivity (Wildman–Crippen MR) is 76.1 cm³/mol. The van der Waals surface area contributed by atoms with Crippen LogP contribution in [-0.4, -0.2) is 36.7 Å². The van der Waals surface area contributed by atoms with Gasteiger partial charge in [0.1, 0.15) is 0 Å². The number of ether oxygens (including phenoxy) is 1. The van der Waals surface area contributed by atoms with Crippen LogP contribution in [0.5, 0.6) is 0 Å². The SMILES string of the molecule is Cc1cnccc1CCNC(N)=NCC1CCCO1. The van der Waals surface area contributed by atoms with Crippen LogP contribution < -0.4 is 11.1 Å². The number of hydrogen-bond donors (Lipinski definition) is 2. The summed E-state index contributed by atoms with van der Waals surface area (Å²) < 4.78 is 5.50. The fourth-order valence-electron chi connectivity index (χ4n) is 2.15. The van der Waals surface area contributed by atoms with Gasteiger partial charge in [-0.1, -0.05) is 0 Å². The van der Waals surface area contributed by atoms with Crippen LogP contribution in [0.2, 0.25) is 0 Å². The first-order valence-corrected chi connectivity index (χ1v) is 6.80. The molecule has 1 atom stereocenters. The highest BCUT2D eigenvalue weighted by molar-refractivity contribution is 5.77. The molecule has 1 saturated heterocycles. The summed E-state index contributed by atoms with van der Waals surface area (Å²) in [5.41, 5.74) is 8.32. The molecule has 104 valence electrons. The lowest BCUT2D eigenvalue weighted by Crippen LogP contribution is -2.34. The molecule has 5 nitrogen and oxygen atoms in total. The molecule has 0 aromatic carbocycles. The maximum atomic E-state index is 5.82. The molecule has 19 heavy (non-hydrogen) atoms. The van der Waals surface area contributed by atoms with Gasteiger partial charge < -0.3 is 15.8 Å². The molecule has 0 amide bonds. The van der Waals surface area contributed by atoms with Crippen molar-refractivity contribution in [3.63, 3.8) is 0 Å². The minimum atomic E-state index is 0.253. The molecule has 5 heteroatoms. The Kier molecular flexibility index (Phi) is 5.15. The van der Waals surface area contributed by atoms with E-state index in [4.69, 9.17) is 10.5 Å². The summed E-state index contributed by atoms with van der Waals surface area (Å²) in [6.45, 7) is 4.37. The lowest BCUT2D eigenvalue weighted by atomic mass is 10.1. The first-order valence-electron chi connectivity index (χ1n) is 6.80. The van der Waals surface area contributed by atoms with Crippen molar-refractivity contribution >= 4 is 5.96 Å². The van der Waals surface area contributed by atoms with Crippen molar-refractivity contribution in [3.8, 4) is 0 Å². The normalized spacial score (nSPS) is 19.6. The van der Waals surface area contributed by atoms with E-state index in [9.17, 15) is 0 Å². The number of aromatic nitrogens is 1. The van der Waals surface area contributed by atoms with Crippen LogP contribution in [0.4, 0.5) is 0 Å². The summed E-state index contributed by atoms with van der Waals surface area (Å²) in [5.74, 6) is 0.502.